The van der Waals surface area contributed by atoms with Crippen LogP contribution in [-0.4, -0.2) is 34.8 Å². The van der Waals surface area contributed by atoms with Crippen molar-refractivity contribution in [1.82, 2.24) is 4.90 Å². The average molecular weight is 363 g/mol. The Bertz CT molecular complexity index is 837. The minimum atomic E-state index is -0.882. The van der Waals surface area contributed by atoms with Crippen molar-refractivity contribution < 1.29 is 9.90 Å². The lowest BCUT2D eigenvalue weighted by atomic mass is 9.59. The number of carbonyl (C=O) groups is 1. The van der Waals surface area contributed by atoms with Gasteiger partial charge in [0.2, 0.25) is 0 Å². The summed E-state index contributed by atoms with van der Waals surface area (Å²) >= 11 is 0. The van der Waals surface area contributed by atoms with E-state index in [1.807, 2.05) is 36.4 Å². The third kappa shape index (κ3) is 3.02. The second-order valence-corrected chi connectivity index (χ2v) is 7.68. The molecule has 0 aromatic heterocycles. The van der Waals surface area contributed by atoms with Gasteiger partial charge in [0, 0.05) is 37.2 Å². The largest absolute Gasteiger partial charge is 0.481 e. The van der Waals surface area contributed by atoms with Gasteiger partial charge in [-0.25, -0.2) is 0 Å². The van der Waals surface area contributed by atoms with E-state index in [-0.39, 0.29) is 11.8 Å². The number of aliphatic carboxylic acids is 1. The van der Waals surface area contributed by atoms with E-state index in [1.165, 1.54) is 5.56 Å². The molecule has 1 aliphatic carbocycles. The van der Waals surface area contributed by atoms with Crippen LogP contribution in [0.15, 0.2) is 65.8 Å². The molecule has 5 nitrogen and oxygen atoms in total. The quantitative estimate of drug-likeness (QED) is 0.646. The fourth-order valence-corrected chi connectivity index (χ4v) is 5.08. The number of nitrogens with zero attached hydrogens (tertiary/aromatic N) is 2. The smallest absolute Gasteiger partial charge is 0.312 e. The SMILES string of the molecule is NN=C1CCC(c2ccccc2)C2(C(=O)O)CN(Cc3ccccc3)CC12. The van der Waals surface area contributed by atoms with Gasteiger partial charge in [0.15, 0.2) is 0 Å². The molecule has 2 aromatic carbocycles. The first-order valence-corrected chi connectivity index (χ1v) is 9.46. The first-order valence-electron chi connectivity index (χ1n) is 9.46. The molecule has 1 saturated carbocycles. The van der Waals surface area contributed by atoms with Gasteiger partial charge in [-0.15, -0.1) is 0 Å². The number of carboxylic acids is 1. The number of hydrogen-bond acceptors (Lipinski definition) is 4. The van der Waals surface area contributed by atoms with Crippen LogP contribution in [0.4, 0.5) is 0 Å². The lowest BCUT2D eigenvalue weighted by Gasteiger charge is -2.42. The molecule has 1 heterocycles. The molecule has 1 aliphatic heterocycles. The maximum atomic E-state index is 12.7. The van der Waals surface area contributed by atoms with E-state index in [1.54, 1.807) is 0 Å². The van der Waals surface area contributed by atoms with Crippen LogP contribution < -0.4 is 5.84 Å². The Morgan fingerprint density at radius 2 is 1.78 bits per heavy atom. The topological polar surface area (TPSA) is 78.9 Å². The molecule has 3 unspecified atom stereocenters. The van der Waals surface area contributed by atoms with Crippen LogP contribution in [0.1, 0.15) is 29.9 Å². The number of nitrogens with two attached hydrogens (primary N) is 1. The number of fused-ring (bicyclic) bond motifs is 1. The zero-order valence-electron chi connectivity index (χ0n) is 15.3. The van der Waals surface area contributed by atoms with Gasteiger partial charge in [-0.3, -0.25) is 9.69 Å². The average Bonchev–Trinajstić information content (AvgIpc) is 3.09. The Morgan fingerprint density at radius 3 is 2.41 bits per heavy atom. The van der Waals surface area contributed by atoms with Gasteiger partial charge >= 0.3 is 5.97 Å². The molecule has 1 saturated heterocycles. The fraction of sp³-hybridized carbons (Fsp3) is 0.364. The number of carboxylic acid groups (broad SMARTS) is 1. The van der Waals surface area contributed by atoms with Crippen LogP contribution in [0, 0.1) is 11.3 Å². The second-order valence-electron chi connectivity index (χ2n) is 7.68. The molecule has 2 aliphatic rings. The van der Waals surface area contributed by atoms with E-state index < -0.39 is 11.4 Å². The Hall–Kier alpha value is -2.66. The standard InChI is InChI=1S/C22H25N3O2/c23-24-20-12-11-18(17-9-5-2-6-10-17)22(21(26)27)15-25(14-19(20)22)13-16-7-3-1-4-8-16/h1-10,18-19H,11-15,23H2,(H,26,27). The van der Waals surface area contributed by atoms with Crippen molar-refractivity contribution >= 4 is 11.7 Å². The lowest BCUT2D eigenvalue weighted by molar-refractivity contribution is -0.151. The molecule has 3 atom stereocenters. The molecule has 140 valence electrons. The van der Waals surface area contributed by atoms with Gasteiger partial charge in [-0.05, 0) is 24.0 Å². The third-order valence-corrected chi connectivity index (χ3v) is 6.28. The van der Waals surface area contributed by atoms with Crippen molar-refractivity contribution in [2.24, 2.45) is 22.3 Å². The minimum absolute atomic E-state index is 0.0347. The number of likely N-dealkylation sites (tertiary alicyclic amines) is 1. The zero-order chi connectivity index (χ0) is 18.9. The highest BCUT2D eigenvalue weighted by atomic mass is 16.4. The van der Waals surface area contributed by atoms with Crippen molar-refractivity contribution in [2.75, 3.05) is 13.1 Å². The highest BCUT2D eigenvalue weighted by Gasteiger charge is 2.60. The molecule has 27 heavy (non-hydrogen) atoms. The number of hydrazone groups is 1. The summed E-state index contributed by atoms with van der Waals surface area (Å²) in [6, 6.07) is 20.3. The predicted molar refractivity (Wildman–Crippen MR) is 105 cm³/mol. The molecule has 0 bridgehead atoms. The molecule has 4 rings (SSSR count). The summed E-state index contributed by atoms with van der Waals surface area (Å²) in [4.78, 5) is 14.9. The fourth-order valence-electron chi connectivity index (χ4n) is 5.08. The zero-order valence-corrected chi connectivity index (χ0v) is 15.3. The predicted octanol–water partition coefficient (Wildman–Crippen LogP) is 3.08. The first-order chi connectivity index (χ1) is 13.1. The molecule has 0 spiro atoms. The molecule has 2 fully saturated rings. The van der Waals surface area contributed by atoms with Crippen molar-refractivity contribution in [2.45, 2.75) is 25.3 Å². The van der Waals surface area contributed by atoms with Gasteiger partial charge in [0.1, 0.15) is 0 Å². The van der Waals surface area contributed by atoms with Crippen LogP contribution in [0.2, 0.25) is 0 Å². The van der Waals surface area contributed by atoms with Crippen LogP contribution in [-0.2, 0) is 11.3 Å². The minimum Gasteiger partial charge on any atom is -0.481 e. The molecule has 2 aromatic rings. The van der Waals surface area contributed by atoms with Gasteiger partial charge in [-0.2, -0.15) is 5.10 Å². The van der Waals surface area contributed by atoms with E-state index in [2.05, 4.69) is 34.3 Å². The Labute approximate surface area is 159 Å². The highest BCUT2D eigenvalue weighted by Crippen LogP contribution is 2.54. The summed E-state index contributed by atoms with van der Waals surface area (Å²) in [5, 5.41) is 14.4. The Kier molecular flexibility index (Phi) is 4.70. The van der Waals surface area contributed by atoms with Crippen LogP contribution in [0.25, 0.3) is 0 Å². The Balaban J connectivity index is 1.72. The number of rotatable bonds is 4. The maximum absolute atomic E-state index is 12.7. The van der Waals surface area contributed by atoms with E-state index in [9.17, 15) is 9.90 Å². The van der Waals surface area contributed by atoms with Gasteiger partial charge in [0.25, 0.3) is 0 Å². The summed E-state index contributed by atoms with van der Waals surface area (Å²) in [6.07, 6.45) is 1.52. The summed E-state index contributed by atoms with van der Waals surface area (Å²) in [5.41, 5.74) is 2.26. The molecule has 5 heteroatoms. The second kappa shape index (κ2) is 7.16. The monoisotopic (exact) mass is 363 g/mol. The van der Waals surface area contributed by atoms with Crippen LogP contribution >= 0.6 is 0 Å². The van der Waals surface area contributed by atoms with Crippen molar-refractivity contribution in [3.63, 3.8) is 0 Å². The summed E-state index contributed by atoms with van der Waals surface area (Å²) in [6.45, 7) is 1.94. The molecule has 0 radical (unpaired) electrons. The molecule has 3 N–H and O–H groups in total. The van der Waals surface area contributed by atoms with E-state index in [0.29, 0.717) is 13.1 Å². The van der Waals surface area contributed by atoms with E-state index in [4.69, 9.17) is 5.84 Å². The summed E-state index contributed by atoms with van der Waals surface area (Å²) in [7, 11) is 0. The van der Waals surface area contributed by atoms with Gasteiger partial charge in [0.05, 0.1) is 5.41 Å². The van der Waals surface area contributed by atoms with Crippen molar-refractivity contribution in [3.8, 4) is 0 Å². The van der Waals surface area contributed by atoms with Crippen molar-refractivity contribution in [3.05, 3.63) is 71.8 Å². The molecule has 0 amide bonds. The van der Waals surface area contributed by atoms with Gasteiger partial charge < -0.3 is 10.9 Å². The molecular weight excluding hydrogens is 338 g/mol. The van der Waals surface area contributed by atoms with Crippen LogP contribution in [0.5, 0.6) is 0 Å². The van der Waals surface area contributed by atoms with Crippen molar-refractivity contribution in [1.29, 1.82) is 0 Å². The van der Waals surface area contributed by atoms with E-state index in [0.717, 1.165) is 30.7 Å². The van der Waals surface area contributed by atoms with Gasteiger partial charge in [-0.1, -0.05) is 60.7 Å². The van der Waals surface area contributed by atoms with Crippen LogP contribution in [0.3, 0.4) is 0 Å². The number of benzene rings is 2. The maximum Gasteiger partial charge on any atom is 0.312 e. The van der Waals surface area contributed by atoms with E-state index >= 15 is 0 Å². The normalized spacial score (nSPS) is 29.6. The summed E-state index contributed by atoms with van der Waals surface area (Å²) < 4.78 is 0. The Morgan fingerprint density at radius 1 is 1.11 bits per heavy atom. The molecular formula is C22H25N3O2. The lowest BCUT2D eigenvalue weighted by Crippen LogP contribution is -2.50. The first kappa shape index (κ1) is 17.7. The summed E-state index contributed by atoms with van der Waals surface area (Å²) in [5.74, 6) is 4.75. The number of hydrogen-bond donors (Lipinski definition) is 2. The highest BCUT2D eigenvalue weighted by molar-refractivity contribution is 5.95. The third-order valence-electron chi connectivity index (χ3n) is 6.28.